The van der Waals surface area contributed by atoms with E-state index in [1.54, 1.807) is 24.1 Å². The number of rotatable bonds is 8. The van der Waals surface area contributed by atoms with E-state index in [-0.39, 0.29) is 18.2 Å². The van der Waals surface area contributed by atoms with Gasteiger partial charge in [0.2, 0.25) is 0 Å². The molecule has 0 aliphatic heterocycles. The van der Waals surface area contributed by atoms with E-state index in [1.165, 1.54) is 0 Å². The van der Waals surface area contributed by atoms with Crippen LogP contribution < -0.4 is 5.32 Å². The molecule has 1 heterocycles. The van der Waals surface area contributed by atoms with Gasteiger partial charge in [0, 0.05) is 26.7 Å². The summed E-state index contributed by atoms with van der Waals surface area (Å²) in [6.45, 7) is 3.52. The van der Waals surface area contributed by atoms with Crippen molar-refractivity contribution in [1.29, 1.82) is 0 Å². The Labute approximate surface area is 125 Å². The number of unbranched alkanes of at least 4 members (excludes halogenated alkanes) is 2. The number of nitrogens with zero attached hydrogens (tertiary/aromatic N) is 2. The highest BCUT2D eigenvalue weighted by Gasteiger charge is 2.17. The molecule has 0 aliphatic rings. The molecule has 112 valence electrons. The van der Waals surface area contributed by atoms with Gasteiger partial charge in [-0.05, 0) is 38.3 Å². The maximum Gasteiger partial charge on any atom is 0.273 e. The fourth-order valence-corrected chi connectivity index (χ4v) is 1.98. The average Bonchev–Trinajstić information content (AvgIpc) is 2.45. The summed E-state index contributed by atoms with van der Waals surface area (Å²) in [6, 6.07) is 3.43. The van der Waals surface area contributed by atoms with Crippen molar-refractivity contribution in [2.45, 2.75) is 26.2 Å². The van der Waals surface area contributed by atoms with Crippen molar-refractivity contribution in [3.05, 3.63) is 22.8 Å². The predicted octanol–water partition coefficient (Wildman–Crippen LogP) is 2.40. The zero-order valence-electron chi connectivity index (χ0n) is 12.0. The van der Waals surface area contributed by atoms with Crippen LogP contribution in [0.5, 0.6) is 0 Å². The SMILES string of the molecule is CCNc1ccc(Cl)c(C(=O)N(C)CCCCCO)n1. The number of carbonyl (C=O) groups excluding carboxylic acids is 1. The highest BCUT2D eigenvalue weighted by atomic mass is 35.5. The Morgan fingerprint density at radius 3 is 2.80 bits per heavy atom. The molecule has 0 saturated heterocycles. The Morgan fingerprint density at radius 1 is 1.40 bits per heavy atom. The van der Waals surface area contributed by atoms with Crippen molar-refractivity contribution in [2.75, 3.05) is 32.1 Å². The Balaban J connectivity index is 2.67. The van der Waals surface area contributed by atoms with E-state index < -0.39 is 0 Å². The van der Waals surface area contributed by atoms with Gasteiger partial charge < -0.3 is 15.3 Å². The summed E-state index contributed by atoms with van der Waals surface area (Å²) in [4.78, 5) is 18.2. The predicted molar refractivity (Wildman–Crippen MR) is 81.3 cm³/mol. The molecule has 0 spiro atoms. The molecule has 6 heteroatoms. The molecular formula is C14H22ClN3O2. The van der Waals surface area contributed by atoms with E-state index in [0.717, 1.165) is 25.8 Å². The first-order chi connectivity index (χ1) is 9.60. The fraction of sp³-hybridized carbons (Fsp3) is 0.571. The van der Waals surface area contributed by atoms with Gasteiger partial charge in [-0.25, -0.2) is 4.98 Å². The van der Waals surface area contributed by atoms with Crippen LogP contribution in [0.1, 0.15) is 36.7 Å². The minimum absolute atomic E-state index is 0.182. The minimum Gasteiger partial charge on any atom is -0.396 e. The second-order valence-electron chi connectivity index (χ2n) is 4.57. The van der Waals surface area contributed by atoms with E-state index in [2.05, 4.69) is 10.3 Å². The van der Waals surface area contributed by atoms with Crippen LogP contribution in [0.15, 0.2) is 12.1 Å². The normalized spacial score (nSPS) is 10.4. The van der Waals surface area contributed by atoms with Gasteiger partial charge in [0.15, 0.2) is 0 Å². The van der Waals surface area contributed by atoms with Crippen molar-refractivity contribution in [1.82, 2.24) is 9.88 Å². The van der Waals surface area contributed by atoms with Crippen molar-refractivity contribution in [2.24, 2.45) is 0 Å². The molecule has 0 aromatic carbocycles. The Kier molecular flexibility index (Phi) is 7.33. The molecule has 0 radical (unpaired) electrons. The summed E-state index contributed by atoms with van der Waals surface area (Å²) in [5, 5.41) is 12.1. The molecule has 0 fully saturated rings. The number of aliphatic hydroxyl groups is 1. The van der Waals surface area contributed by atoms with E-state index in [4.69, 9.17) is 16.7 Å². The molecule has 1 rings (SSSR count). The Hall–Kier alpha value is -1.33. The van der Waals surface area contributed by atoms with Crippen molar-refractivity contribution in [3.63, 3.8) is 0 Å². The van der Waals surface area contributed by atoms with Gasteiger partial charge >= 0.3 is 0 Å². The highest BCUT2D eigenvalue weighted by molar-refractivity contribution is 6.33. The summed E-state index contributed by atoms with van der Waals surface area (Å²) >= 11 is 6.05. The third kappa shape index (κ3) is 4.98. The van der Waals surface area contributed by atoms with Gasteiger partial charge in [0.1, 0.15) is 11.5 Å². The Morgan fingerprint density at radius 2 is 2.15 bits per heavy atom. The maximum absolute atomic E-state index is 12.3. The van der Waals surface area contributed by atoms with Crippen LogP contribution in [-0.2, 0) is 0 Å². The highest BCUT2D eigenvalue weighted by Crippen LogP contribution is 2.18. The van der Waals surface area contributed by atoms with Gasteiger partial charge in [-0.2, -0.15) is 0 Å². The van der Waals surface area contributed by atoms with Gasteiger partial charge in [0.05, 0.1) is 5.02 Å². The monoisotopic (exact) mass is 299 g/mol. The number of halogens is 1. The van der Waals surface area contributed by atoms with Gasteiger partial charge in [-0.15, -0.1) is 0 Å². The molecule has 1 amide bonds. The molecule has 0 unspecified atom stereocenters. The van der Waals surface area contributed by atoms with Crippen LogP contribution in [0.25, 0.3) is 0 Å². The minimum atomic E-state index is -0.182. The number of anilines is 1. The van der Waals surface area contributed by atoms with Crippen molar-refractivity contribution >= 4 is 23.3 Å². The van der Waals surface area contributed by atoms with Crippen LogP contribution in [0.3, 0.4) is 0 Å². The van der Waals surface area contributed by atoms with E-state index in [9.17, 15) is 4.79 Å². The van der Waals surface area contributed by atoms with Crippen molar-refractivity contribution in [3.8, 4) is 0 Å². The standard InChI is InChI=1S/C14H22ClN3O2/c1-3-16-12-8-7-11(15)13(17-12)14(20)18(2)9-5-4-6-10-19/h7-8,19H,3-6,9-10H2,1-2H3,(H,16,17). The first-order valence-corrected chi connectivity index (χ1v) is 7.24. The topological polar surface area (TPSA) is 65.5 Å². The number of nitrogens with one attached hydrogen (secondary N) is 1. The number of amides is 1. The third-order valence-corrected chi connectivity index (χ3v) is 3.21. The maximum atomic E-state index is 12.3. The summed E-state index contributed by atoms with van der Waals surface area (Å²) in [7, 11) is 1.74. The van der Waals surface area contributed by atoms with Gasteiger partial charge in [-0.1, -0.05) is 11.6 Å². The van der Waals surface area contributed by atoms with Crippen LogP contribution in [0.4, 0.5) is 5.82 Å². The Bertz CT molecular complexity index is 440. The zero-order chi connectivity index (χ0) is 15.0. The van der Waals surface area contributed by atoms with Gasteiger partial charge in [0.25, 0.3) is 5.91 Å². The molecule has 2 N–H and O–H groups in total. The second-order valence-corrected chi connectivity index (χ2v) is 4.98. The van der Waals surface area contributed by atoms with E-state index in [0.29, 0.717) is 17.4 Å². The lowest BCUT2D eigenvalue weighted by molar-refractivity contribution is 0.0786. The molecule has 0 saturated carbocycles. The van der Waals surface area contributed by atoms with Gasteiger partial charge in [-0.3, -0.25) is 4.79 Å². The van der Waals surface area contributed by atoms with Crippen molar-refractivity contribution < 1.29 is 9.90 Å². The number of aliphatic hydroxyl groups excluding tert-OH is 1. The van der Waals surface area contributed by atoms with E-state index >= 15 is 0 Å². The lowest BCUT2D eigenvalue weighted by atomic mass is 10.2. The summed E-state index contributed by atoms with van der Waals surface area (Å²) in [6.07, 6.45) is 2.51. The lowest BCUT2D eigenvalue weighted by Gasteiger charge is -2.17. The molecule has 0 aliphatic carbocycles. The quantitative estimate of drug-likeness (QED) is 0.724. The fourth-order valence-electron chi connectivity index (χ4n) is 1.79. The first-order valence-electron chi connectivity index (χ1n) is 6.86. The molecule has 0 bridgehead atoms. The summed E-state index contributed by atoms with van der Waals surface area (Å²) < 4.78 is 0. The largest absolute Gasteiger partial charge is 0.396 e. The van der Waals surface area contributed by atoms with Crippen LogP contribution >= 0.6 is 11.6 Å². The molecule has 20 heavy (non-hydrogen) atoms. The zero-order valence-corrected chi connectivity index (χ0v) is 12.8. The van der Waals surface area contributed by atoms with Crippen LogP contribution in [0.2, 0.25) is 5.02 Å². The molecule has 1 aromatic heterocycles. The molecule has 1 aromatic rings. The third-order valence-electron chi connectivity index (χ3n) is 2.90. The number of pyridine rings is 1. The molecule has 0 atom stereocenters. The van der Waals surface area contributed by atoms with E-state index in [1.807, 2.05) is 6.92 Å². The van der Waals surface area contributed by atoms with Crippen LogP contribution in [-0.4, -0.2) is 47.6 Å². The van der Waals surface area contributed by atoms with Crippen LogP contribution in [0, 0.1) is 0 Å². The number of hydrogen-bond acceptors (Lipinski definition) is 4. The lowest BCUT2D eigenvalue weighted by Crippen LogP contribution is -2.29. The smallest absolute Gasteiger partial charge is 0.273 e. The summed E-state index contributed by atoms with van der Waals surface area (Å²) in [5.74, 6) is 0.465. The molecule has 5 nitrogen and oxygen atoms in total. The first kappa shape index (κ1) is 16.7. The number of aromatic nitrogens is 1. The average molecular weight is 300 g/mol. The summed E-state index contributed by atoms with van der Waals surface area (Å²) in [5.41, 5.74) is 0.273. The number of hydrogen-bond donors (Lipinski definition) is 2. The number of carbonyl (C=O) groups is 1. The second kappa shape index (κ2) is 8.76. The molecular weight excluding hydrogens is 278 g/mol.